The third kappa shape index (κ3) is 3.66. The Morgan fingerprint density at radius 2 is 2.14 bits per heavy atom. The van der Waals surface area contributed by atoms with Crippen molar-refractivity contribution in [3.63, 3.8) is 0 Å². The lowest BCUT2D eigenvalue weighted by Crippen LogP contribution is -2.32. The molecule has 1 aromatic heterocycles. The van der Waals surface area contributed by atoms with Crippen molar-refractivity contribution in [3.05, 3.63) is 65.7 Å². The Labute approximate surface area is 161 Å². The Balaban J connectivity index is 1.52. The van der Waals surface area contributed by atoms with Crippen LogP contribution in [0.4, 0.5) is 4.39 Å². The minimum absolute atomic E-state index is 0.179. The summed E-state index contributed by atoms with van der Waals surface area (Å²) in [4.78, 5) is 12.7. The van der Waals surface area contributed by atoms with Gasteiger partial charge in [0.1, 0.15) is 17.3 Å². The number of hydrogen-bond donors (Lipinski definition) is 1. The first kappa shape index (κ1) is 18.0. The number of carbonyl (C=O) groups is 1. The van der Waals surface area contributed by atoms with Gasteiger partial charge in [0, 0.05) is 12.0 Å². The molecular weight excluding hydrogens is 363 g/mol. The molecule has 1 amide bonds. The molecule has 0 saturated carbocycles. The van der Waals surface area contributed by atoms with Gasteiger partial charge in [-0.05, 0) is 49.4 Å². The molecule has 144 valence electrons. The maximum atomic E-state index is 13.1. The molecule has 0 saturated heterocycles. The minimum Gasteiger partial charge on any atom is -0.494 e. The van der Waals surface area contributed by atoms with E-state index in [2.05, 4.69) is 15.6 Å². The molecule has 2 aromatic carbocycles. The Kier molecular flexibility index (Phi) is 4.92. The van der Waals surface area contributed by atoms with Crippen LogP contribution in [0.15, 0.2) is 48.7 Å². The van der Waals surface area contributed by atoms with Gasteiger partial charge in [0.2, 0.25) is 0 Å². The van der Waals surface area contributed by atoms with E-state index in [0.717, 1.165) is 17.1 Å². The number of amides is 1. The molecule has 1 aliphatic heterocycles. The van der Waals surface area contributed by atoms with E-state index in [1.807, 2.05) is 25.1 Å². The van der Waals surface area contributed by atoms with Gasteiger partial charge in [0.15, 0.2) is 5.69 Å². The average Bonchev–Trinajstić information content (AvgIpc) is 3.20. The van der Waals surface area contributed by atoms with Gasteiger partial charge in [-0.3, -0.25) is 4.79 Å². The van der Waals surface area contributed by atoms with Gasteiger partial charge < -0.3 is 14.8 Å². The summed E-state index contributed by atoms with van der Waals surface area (Å²) in [6.07, 6.45) is 2.15. The predicted octanol–water partition coefficient (Wildman–Crippen LogP) is 3.06. The zero-order valence-electron chi connectivity index (χ0n) is 15.3. The second-order valence-corrected chi connectivity index (χ2v) is 6.32. The smallest absolute Gasteiger partial charge is 0.273 e. The van der Waals surface area contributed by atoms with Gasteiger partial charge in [0.05, 0.1) is 31.1 Å². The van der Waals surface area contributed by atoms with Crippen LogP contribution in [0.2, 0.25) is 0 Å². The topological polar surface area (TPSA) is 78.3 Å². The second kappa shape index (κ2) is 7.67. The summed E-state index contributed by atoms with van der Waals surface area (Å²) in [5, 5.41) is 10.9. The van der Waals surface area contributed by atoms with Gasteiger partial charge in [-0.15, -0.1) is 5.10 Å². The van der Waals surface area contributed by atoms with Crippen LogP contribution in [0.3, 0.4) is 0 Å². The van der Waals surface area contributed by atoms with Crippen LogP contribution in [-0.2, 0) is 0 Å². The standard InChI is InChI=1S/C20H19FN4O3/c1-2-27-15-7-8-19-16(11-15)17(9-10-28-19)22-20(26)18-12-25(24-23-18)14-5-3-13(21)4-6-14/h3-8,11-12,17H,2,9-10H2,1H3,(H,22,26)/t17-/m0/s1. The maximum absolute atomic E-state index is 13.1. The van der Waals surface area contributed by atoms with Crippen LogP contribution in [0.1, 0.15) is 35.4 Å². The molecule has 0 fully saturated rings. The quantitative estimate of drug-likeness (QED) is 0.734. The van der Waals surface area contributed by atoms with Gasteiger partial charge in [0.25, 0.3) is 5.91 Å². The molecule has 0 aliphatic carbocycles. The largest absolute Gasteiger partial charge is 0.494 e. The van der Waals surface area contributed by atoms with Crippen molar-refractivity contribution in [1.82, 2.24) is 20.3 Å². The first-order chi connectivity index (χ1) is 13.6. The number of hydrogen-bond acceptors (Lipinski definition) is 5. The lowest BCUT2D eigenvalue weighted by molar-refractivity contribution is 0.0919. The number of rotatable bonds is 5. The van der Waals surface area contributed by atoms with Crippen molar-refractivity contribution < 1.29 is 18.7 Å². The summed E-state index contributed by atoms with van der Waals surface area (Å²) in [6, 6.07) is 11.2. The summed E-state index contributed by atoms with van der Waals surface area (Å²) in [5.74, 6) is 0.780. The Morgan fingerprint density at radius 3 is 2.93 bits per heavy atom. The van der Waals surface area contributed by atoms with Crippen molar-refractivity contribution in [2.24, 2.45) is 0 Å². The summed E-state index contributed by atoms with van der Waals surface area (Å²) >= 11 is 0. The number of nitrogens with zero attached hydrogens (tertiary/aromatic N) is 3. The van der Waals surface area contributed by atoms with Crippen LogP contribution in [0, 0.1) is 5.82 Å². The second-order valence-electron chi connectivity index (χ2n) is 6.32. The number of benzene rings is 2. The Morgan fingerprint density at radius 1 is 1.32 bits per heavy atom. The number of ether oxygens (including phenoxy) is 2. The van der Waals surface area contributed by atoms with Gasteiger partial charge in [-0.25, -0.2) is 9.07 Å². The fourth-order valence-corrected chi connectivity index (χ4v) is 3.10. The van der Waals surface area contributed by atoms with E-state index in [9.17, 15) is 9.18 Å². The van der Waals surface area contributed by atoms with Crippen molar-refractivity contribution >= 4 is 5.91 Å². The first-order valence-corrected chi connectivity index (χ1v) is 9.02. The summed E-state index contributed by atoms with van der Waals surface area (Å²) in [6.45, 7) is 2.98. The minimum atomic E-state index is -0.341. The monoisotopic (exact) mass is 382 g/mol. The van der Waals surface area contributed by atoms with E-state index in [0.29, 0.717) is 25.3 Å². The SMILES string of the molecule is CCOc1ccc2c(c1)[C@@H](NC(=O)c1cn(-c3ccc(F)cc3)nn1)CCO2. The summed E-state index contributed by atoms with van der Waals surface area (Å²) < 4.78 is 25.7. The molecule has 28 heavy (non-hydrogen) atoms. The van der Waals surface area contributed by atoms with Gasteiger partial charge >= 0.3 is 0 Å². The highest BCUT2D eigenvalue weighted by atomic mass is 19.1. The summed E-state index contributed by atoms with van der Waals surface area (Å²) in [5.41, 5.74) is 1.67. The van der Waals surface area contributed by atoms with E-state index >= 15 is 0 Å². The predicted molar refractivity (Wildman–Crippen MR) is 99.2 cm³/mol. The third-order valence-electron chi connectivity index (χ3n) is 4.45. The van der Waals surface area contributed by atoms with Crippen molar-refractivity contribution in [2.45, 2.75) is 19.4 Å². The fourth-order valence-electron chi connectivity index (χ4n) is 3.10. The molecule has 0 bridgehead atoms. The number of nitrogens with one attached hydrogen (secondary N) is 1. The molecule has 8 heteroatoms. The van der Waals surface area contributed by atoms with E-state index in [1.165, 1.54) is 23.0 Å². The highest BCUT2D eigenvalue weighted by Gasteiger charge is 2.25. The van der Waals surface area contributed by atoms with Crippen molar-refractivity contribution in [3.8, 4) is 17.2 Å². The van der Waals surface area contributed by atoms with Crippen LogP contribution < -0.4 is 14.8 Å². The fraction of sp³-hybridized carbons (Fsp3) is 0.250. The van der Waals surface area contributed by atoms with Crippen LogP contribution in [0.5, 0.6) is 11.5 Å². The molecule has 7 nitrogen and oxygen atoms in total. The van der Waals surface area contributed by atoms with Crippen molar-refractivity contribution in [1.29, 1.82) is 0 Å². The van der Waals surface area contributed by atoms with Crippen LogP contribution >= 0.6 is 0 Å². The normalized spacial score (nSPS) is 15.4. The molecule has 1 aliphatic rings. The lowest BCUT2D eigenvalue weighted by atomic mass is 10.00. The average molecular weight is 382 g/mol. The summed E-state index contributed by atoms with van der Waals surface area (Å²) in [7, 11) is 0. The molecular formula is C20H19FN4O3. The number of fused-ring (bicyclic) bond motifs is 1. The van der Waals surface area contributed by atoms with Crippen LogP contribution in [0.25, 0.3) is 5.69 Å². The number of halogens is 1. The van der Waals surface area contributed by atoms with E-state index in [1.54, 1.807) is 12.1 Å². The molecule has 1 N–H and O–H groups in total. The van der Waals surface area contributed by atoms with E-state index in [4.69, 9.17) is 9.47 Å². The zero-order chi connectivity index (χ0) is 19.5. The highest BCUT2D eigenvalue weighted by Crippen LogP contribution is 2.35. The Hall–Kier alpha value is -3.42. The molecule has 1 atom stereocenters. The van der Waals surface area contributed by atoms with E-state index < -0.39 is 0 Å². The number of aromatic nitrogens is 3. The Bertz CT molecular complexity index is 987. The van der Waals surface area contributed by atoms with Crippen molar-refractivity contribution in [2.75, 3.05) is 13.2 Å². The molecule has 0 spiro atoms. The molecule has 0 unspecified atom stereocenters. The molecule has 4 rings (SSSR count). The molecule has 0 radical (unpaired) electrons. The number of carbonyl (C=O) groups excluding carboxylic acids is 1. The van der Waals surface area contributed by atoms with E-state index in [-0.39, 0.29) is 23.5 Å². The first-order valence-electron chi connectivity index (χ1n) is 9.02. The van der Waals surface area contributed by atoms with Gasteiger partial charge in [-0.2, -0.15) is 0 Å². The third-order valence-corrected chi connectivity index (χ3v) is 4.45. The van der Waals surface area contributed by atoms with Crippen LogP contribution in [-0.4, -0.2) is 34.1 Å². The molecule has 2 heterocycles. The lowest BCUT2D eigenvalue weighted by Gasteiger charge is -2.27. The highest BCUT2D eigenvalue weighted by molar-refractivity contribution is 5.92. The maximum Gasteiger partial charge on any atom is 0.273 e. The molecule has 3 aromatic rings. The van der Waals surface area contributed by atoms with Gasteiger partial charge in [-0.1, -0.05) is 5.21 Å². The zero-order valence-corrected chi connectivity index (χ0v) is 15.3.